The van der Waals surface area contributed by atoms with E-state index in [9.17, 15) is 5.26 Å². The smallest absolute Gasteiger partial charge is 0.169 e. The van der Waals surface area contributed by atoms with Crippen molar-refractivity contribution in [3.8, 4) is 29.0 Å². The highest BCUT2D eigenvalue weighted by atomic mass is 35.5. The summed E-state index contributed by atoms with van der Waals surface area (Å²) in [6.07, 6.45) is 2.55. The number of nitriles is 1. The number of hydrogen-bond acceptors (Lipinski definition) is 9. The molecule has 1 atom stereocenters. The van der Waals surface area contributed by atoms with Crippen LogP contribution in [0.4, 0.5) is 5.82 Å². The largest absolute Gasteiger partial charge is 0.493 e. The molecule has 5 rings (SSSR count). The molecule has 10 nitrogen and oxygen atoms in total. The zero-order valence-electron chi connectivity index (χ0n) is 22.9. The summed E-state index contributed by atoms with van der Waals surface area (Å²) >= 11 is 12.7. The van der Waals surface area contributed by atoms with Crippen molar-refractivity contribution in [3.63, 3.8) is 0 Å². The van der Waals surface area contributed by atoms with E-state index in [1.54, 1.807) is 19.2 Å². The number of H-pyrrole nitrogens is 1. The predicted octanol–water partition coefficient (Wildman–Crippen LogP) is 5.57. The van der Waals surface area contributed by atoms with Crippen molar-refractivity contribution in [3.05, 3.63) is 51.8 Å². The first-order chi connectivity index (χ1) is 19.1. The van der Waals surface area contributed by atoms with E-state index in [4.69, 9.17) is 32.7 Å². The van der Waals surface area contributed by atoms with Crippen LogP contribution >= 0.6 is 23.2 Å². The summed E-state index contributed by atoms with van der Waals surface area (Å²) in [7, 11) is 1.56. The minimum atomic E-state index is -0.494. The van der Waals surface area contributed by atoms with E-state index in [1.807, 2.05) is 13.0 Å². The Morgan fingerprint density at radius 3 is 2.50 bits per heavy atom. The molecule has 1 aromatic carbocycles. The highest BCUT2D eigenvalue weighted by Gasteiger charge is 2.40. The molecule has 0 aliphatic carbocycles. The third-order valence-corrected chi connectivity index (χ3v) is 7.50. The monoisotopic (exact) mass is 580 g/mol. The van der Waals surface area contributed by atoms with Gasteiger partial charge < -0.3 is 19.7 Å². The minimum Gasteiger partial charge on any atom is -0.493 e. The quantitative estimate of drug-likeness (QED) is 0.261. The summed E-state index contributed by atoms with van der Waals surface area (Å²) in [5.41, 5.74) is 2.76. The molecule has 1 aliphatic rings. The van der Waals surface area contributed by atoms with Crippen LogP contribution in [0, 0.1) is 17.2 Å². The van der Waals surface area contributed by atoms with Gasteiger partial charge in [0.25, 0.3) is 0 Å². The van der Waals surface area contributed by atoms with Gasteiger partial charge in [0.15, 0.2) is 17.3 Å². The molecule has 1 aliphatic heterocycles. The zero-order valence-corrected chi connectivity index (χ0v) is 24.4. The van der Waals surface area contributed by atoms with E-state index in [0.717, 1.165) is 25.0 Å². The summed E-state index contributed by atoms with van der Waals surface area (Å²) < 4.78 is 11.8. The van der Waals surface area contributed by atoms with Crippen LogP contribution in [0.1, 0.15) is 44.9 Å². The third kappa shape index (κ3) is 5.37. The first-order valence-electron chi connectivity index (χ1n) is 12.9. The highest BCUT2D eigenvalue weighted by molar-refractivity contribution is 6.35. The molecule has 40 heavy (non-hydrogen) atoms. The lowest BCUT2D eigenvalue weighted by Gasteiger charge is -2.49. The number of nitrogens with one attached hydrogen (secondary N) is 2. The zero-order chi connectivity index (χ0) is 28.6. The lowest BCUT2D eigenvalue weighted by molar-refractivity contribution is 0.216. The Morgan fingerprint density at radius 1 is 1.12 bits per heavy atom. The molecule has 2 N–H and O–H groups in total. The molecule has 1 unspecified atom stereocenters. The Hall–Kier alpha value is -3.65. The fourth-order valence-corrected chi connectivity index (χ4v) is 5.53. The summed E-state index contributed by atoms with van der Waals surface area (Å²) in [6.45, 7) is 10.8. The van der Waals surface area contributed by atoms with Crippen molar-refractivity contribution < 1.29 is 9.47 Å². The third-order valence-electron chi connectivity index (χ3n) is 6.90. The van der Waals surface area contributed by atoms with Gasteiger partial charge in [-0.25, -0.2) is 0 Å². The molecule has 0 amide bonds. The Balaban J connectivity index is 1.44. The van der Waals surface area contributed by atoms with Gasteiger partial charge in [-0.05, 0) is 38.4 Å². The second-order valence-corrected chi connectivity index (χ2v) is 11.5. The summed E-state index contributed by atoms with van der Waals surface area (Å²) in [4.78, 5) is 6.08. The summed E-state index contributed by atoms with van der Waals surface area (Å²) in [5, 5.41) is 31.5. The number of aromatic amines is 1. The molecule has 3 aromatic heterocycles. The molecule has 12 heteroatoms. The van der Waals surface area contributed by atoms with Gasteiger partial charge in [-0.15, -0.1) is 10.2 Å². The molecule has 4 aromatic rings. The van der Waals surface area contributed by atoms with Crippen molar-refractivity contribution >= 4 is 39.9 Å². The number of anilines is 1. The van der Waals surface area contributed by atoms with Crippen molar-refractivity contribution in [2.75, 3.05) is 31.6 Å². The maximum absolute atomic E-state index is 9.94. The summed E-state index contributed by atoms with van der Waals surface area (Å²) in [6, 6.07) is 7.61. The molecule has 208 valence electrons. The van der Waals surface area contributed by atoms with Gasteiger partial charge in [0.1, 0.15) is 23.6 Å². The first-order valence-corrected chi connectivity index (χ1v) is 13.7. The molecule has 1 saturated heterocycles. The van der Waals surface area contributed by atoms with Crippen LogP contribution < -0.4 is 19.7 Å². The van der Waals surface area contributed by atoms with Crippen LogP contribution in [0.5, 0.6) is 11.5 Å². The van der Waals surface area contributed by atoms with Crippen LogP contribution in [0.25, 0.3) is 22.3 Å². The van der Waals surface area contributed by atoms with Crippen molar-refractivity contribution in [2.45, 2.75) is 39.3 Å². The molecule has 0 bridgehead atoms. The average molecular weight is 582 g/mol. The Labute approximate surface area is 242 Å². The number of nitrogens with zero attached hydrogens (tertiary/aromatic N) is 6. The van der Waals surface area contributed by atoms with Crippen LogP contribution in [-0.4, -0.2) is 57.7 Å². The van der Waals surface area contributed by atoms with E-state index in [0.29, 0.717) is 61.3 Å². The number of pyridine rings is 1. The van der Waals surface area contributed by atoms with Gasteiger partial charge in [0, 0.05) is 42.5 Å². The van der Waals surface area contributed by atoms with Crippen LogP contribution in [0.3, 0.4) is 0 Å². The van der Waals surface area contributed by atoms with Crippen molar-refractivity contribution in [1.82, 2.24) is 30.7 Å². The average Bonchev–Trinajstić information content (AvgIpc) is 3.32. The van der Waals surface area contributed by atoms with Crippen molar-refractivity contribution in [2.24, 2.45) is 5.92 Å². The van der Waals surface area contributed by atoms with Gasteiger partial charge in [-0.3, -0.25) is 10.1 Å². The van der Waals surface area contributed by atoms with E-state index >= 15 is 0 Å². The molecule has 0 spiro atoms. The van der Waals surface area contributed by atoms with Crippen molar-refractivity contribution in [1.29, 1.82) is 5.26 Å². The standard InChI is InChI=1S/C28H30Cl2N8O2/c1-15(2)10-33-28(4)13-38(14-28)27-17(9-31)6-22(35-37-27)26-18-7-24(23(39-5)8-21(18)34-36-26)40-16(3)25-19(29)11-32-12-20(25)30/h6-8,11-12,15-16,33H,10,13-14H2,1-5H3,(H,34,36). The molecular formula is C28H30Cl2N8O2. The second kappa shape index (κ2) is 11.1. The van der Waals surface area contributed by atoms with Gasteiger partial charge in [-0.1, -0.05) is 37.0 Å². The summed E-state index contributed by atoms with van der Waals surface area (Å²) in [5.74, 6) is 2.10. The second-order valence-electron chi connectivity index (χ2n) is 10.7. The lowest BCUT2D eigenvalue weighted by atomic mass is 9.91. The topological polar surface area (TPSA) is 125 Å². The number of halogens is 2. The molecule has 0 radical (unpaired) electrons. The number of hydrogen-bond donors (Lipinski definition) is 2. The van der Waals surface area contributed by atoms with E-state index in [-0.39, 0.29) is 5.54 Å². The fraction of sp³-hybridized carbons (Fsp3) is 0.393. The van der Waals surface area contributed by atoms with Crippen LogP contribution in [0.2, 0.25) is 10.0 Å². The van der Waals surface area contributed by atoms with Gasteiger partial charge in [-0.2, -0.15) is 10.4 Å². The van der Waals surface area contributed by atoms with Gasteiger partial charge in [0.05, 0.1) is 33.8 Å². The van der Waals surface area contributed by atoms with Crippen LogP contribution in [-0.2, 0) is 0 Å². The normalized spacial score (nSPS) is 15.1. The number of rotatable bonds is 9. The van der Waals surface area contributed by atoms with Gasteiger partial charge >= 0.3 is 0 Å². The number of fused-ring (bicyclic) bond motifs is 1. The fourth-order valence-electron chi connectivity index (χ4n) is 4.86. The van der Waals surface area contributed by atoms with Gasteiger partial charge in [0.2, 0.25) is 0 Å². The first kappa shape index (κ1) is 27.9. The number of ether oxygens (including phenoxy) is 2. The molecule has 0 saturated carbocycles. The van der Waals surface area contributed by atoms with E-state index in [1.165, 1.54) is 12.4 Å². The number of benzene rings is 1. The number of aromatic nitrogens is 5. The maximum Gasteiger partial charge on any atom is 0.169 e. The Bertz CT molecular complexity index is 1570. The lowest BCUT2D eigenvalue weighted by Crippen LogP contribution is -2.68. The predicted molar refractivity (Wildman–Crippen MR) is 155 cm³/mol. The Morgan fingerprint density at radius 2 is 1.85 bits per heavy atom. The van der Waals surface area contributed by atoms with E-state index < -0.39 is 6.10 Å². The minimum absolute atomic E-state index is 0.0208. The van der Waals surface area contributed by atoms with E-state index in [2.05, 4.69) is 62.4 Å². The highest BCUT2D eigenvalue weighted by Crippen LogP contribution is 2.40. The SMILES string of the molecule is COc1cc2[nH]nc(-c3cc(C#N)c(N4CC(C)(NCC(C)C)C4)nn3)c2cc1OC(C)c1c(Cl)cncc1Cl. The molecule has 1 fully saturated rings. The Kier molecular flexibility index (Phi) is 7.73. The molecular weight excluding hydrogens is 551 g/mol. The maximum atomic E-state index is 9.94. The van der Waals surface area contributed by atoms with Crippen LogP contribution in [0.15, 0.2) is 30.6 Å². The molecule has 4 heterocycles. The number of methoxy groups -OCH3 is 1.